The van der Waals surface area contributed by atoms with Gasteiger partial charge in [-0.05, 0) is 12.1 Å². The van der Waals surface area contributed by atoms with Gasteiger partial charge in [-0.3, -0.25) is 9.78 Å². The van der Waals surface area contributed by atoms with Crippen molar-refractivity contribution < 1.29 is 9.90 Å². The van der Waals surface area contributed by atoms with Crippen LogP contribution >= 0.6 is 11.3 Å². The van der Waals surface area contributed by atoms with Gasteiger partial charge in [-0.2, -0.15) is 0 Å². The smallest absolute Gasteiger partial charge is 0.326 e. The van der Waals surface area contributed by atoms with Crippen molar-refractivity contribution in [3.05, 3.63) is 35.6 Å². The molecule has 82 valence electrons. The Morgan fingerprint density at radius 1 is 1.56 bits per heavy atom. The van der Waals surface area contributed by atoms with Crippen molar-refractivity contribution in [2.24, 2.45) is 5.73 Å². The van der Waals surface area contributed by atoms with Crippen LogP contribution in [0.4, 0.5) is 0 Å². The van der Waals surface area contributed by atoms with Crippen molar-refractivity contribution in [1.29, 1.82) is 0 Å². The van der Waals surface area contributed by atoms with Gasteiger partial charge >= 0.3 is 5.97 Å². The van der Waals surface area contributed by atoms with E-state index < -0.39 is 12.0 Å². The number of hydrogen-bond donors (Lipinski definition) is 2. The first-order chi connectivity index (χ1) is 7.68. The first kappa shape index (κ1) is 10.7. The summed E-state index contributed by atoms with van der Waals surface area (Å²) in [5.74, 6) is -1.08. The number of carboxylic acids is 1. The summed E-state index contributed by atoms with van der Waals surface area (Å²) in [6.45, 7) is 0. The van der Waals surface area contributed by atoms with E-state index in [1.807, 2.05) is 6.07 Å². The van der Waals surface area contributed by atoms with E-state index in [9.17, 15) is 4.79 Å². The number of aliphatic carboxylic acids is 1. The average Bonchev–Trinajstić information content (AvgIpc) is 2.78. The third-order valence-electron chi connectivity index (χ3n) is 2.02. The van der Waals surface area contributed by atoms with E-state index in [0.29, 0.717) is 5.69 Å². The van der Waals surface area contributed by atoms with Crippen molar-refractivity contribution in [3.63, 3.8) is 0 Å². The first-order valence-electron chi connectivity index (χ1n) is 4.52. The molecule has 0 spiro atoms. The Hall–Kier alpha value is -1.79. The molecule has 0 aliphatic carbocycles. The highest BCUT2D eigenvalue weighted by Gasteiger charge is 2.17. The van der Waals surface area contributed by atoms with Gasteiger partial charge in [0, 0.05) is 23.3 Å². The van der Waals surface area contributed by atoms with E-state index in [-0.39, 0.29) is 0 Å². The molecule has 5 nitrogen and oxygen atoms in total. The van der Waals surface area contributed by atoms with Crippen LogP contribution in [0, 0.1) is 0 Å². The Labute approximate surface area is 95.6 Å². The number of pyridine rings is 1. The van der Waals surface area contributed by atoms with Crippen LogP contribution in [0.2, 0.25) is 0 Å². The molecular formula is C10H9N3O2S. The summed E-state index contributed by atoms with van der Waals surface area (Å²) in [5.41, 5.74) is 6.69. The van der Waals surface area contributed by atoms with Gasteiger partial charge in [0.2, 0.25) is 0 Å². The summed E-state index contributed by atoms with van der Waals surface area (Å²) >= 11 is 1.35. The molecular weight excluding hydrogens is 226 g/mol. The summed E-state index contributed by atoms with van der Waals surface area (Å²) in [6, 6.07) is 2.59. The molecule has 2 aromatic rings. The molecule has 0 aliphatic heterocycles. The van der Waals surface area contributed by atoms with E-state index in [0.717, 1.165) is 10.6 Å². The summed E-state index contributed by atoms with van der Waals surface area (Å²) < 4.78 is 0. The molecule has 16 heavy (non-hydrogen) atoms. The van der Waals surface area contributed by atoms with Crippen LogP contribution in [0.5, 0.6) is 0 Å². The average molecular weight is 235 g/mol. The Morgan fingerprint density at radius 3 is 3.00 bits per heavy atom. The van der Waals surface area contributed by atoms with E-state index in [1.165, 1.54) is 11.3 Å². The summed E-state index contributed by atoms with van der Waals surface area (Å²) in [4.78, 5) is 18.8. The SMILES string of the molecule is NC(C(=O)O)c1csc(-c2cccnc2)n1. The largest absolute Gasteiger partial charge is 0.480 e. The third kappa shape index (κ3) is 2.07. The summed E-state index contributed by atoms with van der Waals surface area (Å²) in [5, 5.41) is 11.1. The molecule has 0 radical (unpaired) electrons. The molecule has 0 aromatic carbocycles. The molecule has 2 aromatic heterocycles. The monoisotopic (exact) mass is 235 g/mol. The molecule has 0 bridgehead atoms. The normalized spacial score (nSPS) is 12.3. The van der Waals surface area contributed by atoms with Crippen molar-refractivity contribution >= 4 is 17.3 Å². The zero-order valence-corrected chi connectivity index (χ0v) is 9.02. The van der Waals surface area contributed by atoms with Crippen LogP contribution < -0.4 is 5.73 Å². The van der Waals surface area contributed by atoms with Crippen molar-refractivity contribution in [2.45, 2.75) is 6.04 Å². The van der Waals surface area contributed by atoms with Gasteiger partial charge in [-0.25, -0.2) is 4.98 Å². The second-order valence-corrected chi connectivity index (χ2v) is 3.99. The van der Waals surface area contributed by atoms with E-state index in [1.54, 1.807) is 23.8 Å². The lowest BCUT2D eigenvalue weighted by Crippen LogP contribution is -2.20. The number of rotatable bonds is 3. The number of thiazole rings is 1. The second-order valence-electron chi connectivity index (χ2n) is 3.14. The minimum absolute atomic E-state index is 0.372. The molecule has 0 saturated heterocycles. The fourth-order valence-electron chi connectivity index (χ4n) is 1.18. The summed E-state index contributed by atoms with van der Waals surface area (Å²) in [7, 11) is 0. The van der Waals surface area contributed by atoms with Crippen LogP contribution in [0.1, 0.15) is 11.7 Å². The van der Waals surface area contributed by atoms with Gasteiger partial charge in [-0.15, -0.1) is 11.3 Å². The topological polar surface area (TPSA) is 89.1 Å². The molecule has 1 atom stereocenters. The molecule has 6 heteroatoms. The number of aromatic nitrogens is 2. The maximum absolute atomic E-state index is 10.7. The van der Waals surface area contributed by atoms with Crippen molar-refractivity contribution in [1.82, 2.24) is 9.97 Å². The molecule has 0 saturated carbocycles. The lowest BCUT2D eigenvalue weighted by Gasteiger charge is -2.00. The van der Waals surface area contributed by atoms with E-state index in [2.05, 4.69) is 9.97 Å². The Balaban J connectivity index is 2.30. The number of nitrogens with two attached hydrogens (primary N) is 1. The van der Waals surface area contributed by atoms with Crippen molar-refractivity contribution in [2.75, 3.05) is 0 Å². The molecule has 2 rings (SSSR count). The maximum Gasteiger partial charge on any atom is 0.326 e. The van der Waals surface area contributed by atoms with Gasteiger partial charge in [0.05, 0.1) is 5.69 Å². The quantitative estimate of drug-likeness (QED) is 0.836. The molecule has 1 unspecified atom stereocenters. The van der Waals surface area contributed by atoms with Gasteiger partial charge in [0.1, 0.15) is 11.0 Å². The third-order valence-corrected chi connectivity index (χ3v) is 2.92. The first-order valence-corrected chi connectivity index (χ1v) is 5.40. The fraction of sp³-hybridized carbons (Fsp3) is 0.100. The number of carbonyl (C=O) groups is 1. The minimum Gasteiger partial charge on any atom is -0.480 e. The number of hydrogen-bond acceptors (Lipinski definition) is 5. The molecule has 0 amide bonds. The number of carboxylic acid groups (broad SMARTS) is 1. The van der Waals surface area contributed by atoms with Crippen molar-refractivity contribution in [3.8, 4) is 10.6 Å². The highest BCUT2D eigenvalue weighted by atomic mass is 32.1. The van der Waals surface area contributed by atoms with Crippen LogP contribution in [0.3, 0.4) is 0 Å². The lowest BCUT2D eigenvalue weighted by molar-refractivity contribution is -0.138. The van der Waals surface area contributed by atoms with Crippen LogP contribution in [0.15, 0.2) is 29.9 Å². The van der Waals surface area contributed by atoms with Crippen LogP contribution in [0.25, 0.3) is 10.6 Å². The molecule has 3 N–H and O–H groups in total. The lowest BCUT2D eigenvalue weighted by atomic mass is 10.2. The zero-order chi connectivity index (χ0) is 11.5. The molecule has 2 heterocycles. The Morgan fingerprint density at radius 2 is 2.38 bits per heavy atom. The predicted molar refractivity (Wildman–Crippen MR) is 59.9 cm³/mol. The Kier molecular flexibility index (Phi) is 2.93. The van der Waals surface area contributed by atoms with Gasteiger partial charge in [0.15, 0.2) is 0 Å². The van der Waals surface area contributed by atoms with Gasteiger partial charge < -0.3 is 10.8 Å². The van der Waals surface area contributed by atoms with Gasteiger partial charge in [-0.1, -0.05) is 0 Å². The highest BCUT2D eigenvalue weighted by Crippen LogP contribution is 2.24. The van der Waals surface area contributed by atoms with E-state index in [4.69, 9.17) is 10.8 Å². The van der Waals surface area contributed by atoms with Gasteiger partial charge in [0.25, 0.3) is 0 Å². The highest BCUT2D eigenvalue weighted by molar-refractivity contribution is 7.13. The van der Waals surface area contributed by atoms with Crippen LogP contribution in [-0.2, 0) is 4.79 Å². The second kappa shape index (κ2) is 4.38. The predicted octanol–water partition coefficient (Wildman–Crippen LogP) is 1.29. The fourth-order valence-corrected chi connectivity index (χ4v) is 2.02. The molecule has 0 aliphatic rings. The maximum atomic E-state index is 10.7. The standard InChI is InChI=1S/C10H9N3O2S/c11-8(10(14)15)7-5-16-9(13-7)6-2-1-3-12-4-6/h1-5,8H,11H2,(H,14,15). The summed E-state index contributed by atoms with van der Waals surface area (Å²) in [6.07, 6.45) is 3.34. The van der Waals surface area contributed by atoms with E-state index >= 15 is 0 Å². The zero-order valence-electron chi connectivity index (χ0n) is 8.20. The number of nitrogens with zero attached hydrogens (tertiary/aromatic N) is 2. The van der Waals surface area contributed by atoms with Crippen LogP contribution in [-0.4, -0.2) is 21.0 Å². The minimum atomic E-state index is -1.08. The molecule has 0 fully saturated rings. The Bertz CT molecular complexity index is 498.